The van der Waals surface area contributed by atoms with Gasteiger partial charge in [0.2, 0.25) is 0 Å². The molecule has 1 N–H and O–H groups in total. The first-order valence-electron chi connectivity index (χ1n) is 11.6. The molecule has 8 atom stereocenters. The van der Waals surface area contributed by atoms with Crippen LogP contribution in [0.2, 0.25) is 0 Å². The third-order valence-corrected chi connectivity index (χ3v) is 9.11. The van der Waals surface area contributed by atoms with E-state index in [0.717, 1.165) is 48.3 Å². The molecule has 3 saturated carbocycles. The number of hydrogen-bond acceptors (Lipinski definition) is 1. The summed E-state index contributed by atoms with van der Waals surface area (Å²) in [5.41, 5.74) is 2.67. The molecule has 4 aliphatic rings. The van der Waals surface area contributed by atoms with Crippen LogP contribution in [0.3, 0.4) is 0 Å². The molecule has 0 aromatic rings. The maximum atomic E-state index is 10.1. The van der Waals surface area contributed by atoms with E-state index in [0.29, 0.717) is 10.8 Å². The number of aliphatic hydroxyl groups excluding tert-OH is 1. The second kappa shape index (κ2) is 6.64. The van der Waals surface area contributed by atoms with Crippen molar-refractivity contribution >= 4 is 0 Å². The number of allylic oxidation sites excluding steroid dienone is 1. The highest BCUT2D eigenvalue weighted by Gasteiger charge is 2.56. The summed E-state index contributed by atoms with van der Waals surface area (Å²) in [6.07, 6.45) is 14.3. The Labute approximate surface area is 162 Å². The first-order valence-corrected chi connectivity index (χ1v) is 11.6. The van der Waals surface area contributed by atoms with Crippen LogP contribution in [0.4, 0.5) is 0 Å². The molecule has 4 aliphatic carbocycles. The number of rotatable bonds is 2. The minimum Gasteiger partial charge on any atom is -0.393 e. The standard InChI is InChI=1S/C25H42O/c1-16(15-24(2,3)4)22-10-11-23-21-8-6-17-14-18(26)7-9-19(17)20(21)12-13-25(22,23)5/h6,16,18-23,26H,7-15H2,1-5H3/t16?,18-,19-,20?,21?,22+,23?,25+/m0/s1. The van der Waals surface area contributed by atoms with Crippen LogP contribution in [0, 0.1) is 46.3 Å². The Balaban J connectivity index is 1.53. The van der Waals surface area contributed by atoms with Crippen molar-refractivity contribution < 1.29 is 5.11 Å². The van der Waals surface area contributed by atoms with Gasteiger partial charge in [-0.05, 0) is 104 Å². The second-order valence-electron chi connectivity index (χ2n) is 12.0. The summed E-state index contributed by atoms with van der Waals surface area (Å²) in [6.45, 7) is 12.5. The Morgan fingerprint density at radius 2 is 1.88 bits per heavy atom. The summed E-state index contributed by atoms with van der Waals surface area (Å²) in [4.78, 5) is 0. The minimum atomic E-state index is -0.0583. The van der Waals surface area contributed by atoms with Gasteiger partial charge in [0.05, 0.1) is 6.10 Å². The Bertz CT molecular complexity index is 555. The molecule has 0 spiro atoms. The normalized spacial score (nSPS) is 46.8. The molecule has 148 valence electrons. The molecule has 4 unspecified atom stereocenters. The van der Waals surface area contributed by atoms with Gasteiger partial charge in [-0.15, -0.1) is 0 Å². The van der Waals surface area contributed by atoms with Crippen LogP contribution in [0.15, 0.2) is 11.6 Å². The summed E-state index contributed by atoms with van der Waals surface area (Å²) in [5.74, 6) is 5.43. The first kappa shape index (κ1) is 19.0. The van der Waals surface area contributed by atoms with Crippen molar-refractivity contribution in [1.29, 1.82) is 0 Å². The zero-order chi connectivity index (χ0) is 18.7. The zero-order valence-corrected chi connectivity index (χ0v) is 17.9. The molecule has 0 radical (unpaired) electrons. The molecule has 0 amide bonds. The van der Waals surface area contributed by atoms with Crippen LogP contribution < -0.4 is 0 Å². The lowest BCUT2D eigenvalue weighted by Crippen LogP contribution is -2.47. The van der Waals surface area contributed by atoms with Crippen LogP contribution in [-0.2, 0) is 0 Å². The molecule has 0 bridgehead atoms. The van der Waals surface area contributed by atoms with E-state index in [2.05, 4.69) is 40.7 Å². The lowest BCUT2D eigenvalue weighted by Gasteiger charge is -2.54. The molecule has 0 aliphatic heterocycles. The molecular weight excluding hydrogens is 316 g/mol. The summed E-state index contributed by atoms with van der Waals surface area (Å²) in [6, 6.07) is 0. The Kier molecular flexibility index (Phi) is 4.86. The van der Waals surface area contributed by atoms with Gasteiger partial charge in [-0.1, -0.05) is 46.3 Å². The largest absolute Gasteiger partial charge is 0.393 e. The van der Waals surface area contributed by atoms with Crippen LogP contribution in [0.5, 0.6) is 0 Å². The number of aliphatic hydroxyl groups is 1. The molecule has 0 aromatic carbocycles. The predicted molar refractivity (Wildman–Crippen MR) is 110 cm³/mol. The maximum Gasteiger partial charge on any atom is 0.0577 e. The highest BCUT2D eigenvalue weighted by Crippen LogP contribution is 2.65. The van der Waals surface area contributed by atoms with E-state index in [1.165, 1.54) is 44.9 Å². The second-order valence-corrected chi connectivity index (χ2v) is 12.0. The fraction of sp³-hybridized carbons (Fsp3) is 0.920. The predicted octanol–water partition coefficient (Wildman–Crippen LogP) is 6.61. The molecule has 1 heteroatoms. The molecule has 3 fully saturated rings. The van der Waals surface area contributed by atoms with Crippen molar-refractivity contribution in [3.63, 3.8) is 0 Å². The summed E-state index contributed by atoms with van der Waals surface area (Å²) >= 11 is 0. The van der Waals surface area contributed by atoms with Gasteiger partial charge in [-0.3, -0.25) is 0 Å². The van der Waals surface area contributed by atoms with E-state index >= 15 is 0 Å². The van der Waals surface area contributed by atoms with Gasteiger partial charge < -0.3 is 5.11 Å². The van der Waals surface area contributed by atoms with Crippen molar-refractivity contribution in [2.24, 2.45) is 46.3 Å². The van der Waals surface area contributed by atoms with Gasteiger partial charge in [0.1, 0.15) is 0 Å². The third kappa shape index (κ3) is 3.21. The quantitative estimate of drug-likeness (QED) is 0.551. The fourth-order valence-corrected chi connectivity index (χ4v) is 8.33. The summed E-state index contributed by atoms with van der Waals surface area (Å²) < 4.78 is 0. The van der Waals surface area contributed by atoms with Crippen LogP contribution in [0.1, 0.15) is 92.4 Å². The fourth-order valence-electron chi connectivity index (χ4n) is 8.33. The minimum absolute atomic E-state index is 0.0583. The lowest BCUT2D eigenvalue weighted by atomic mass is 9.51. The first-order chi connectivity index (χ1) is 12.2. The van der Waals surface area contributed by atoms with Gasteiger partial charge in [0, 0.05) is 0 Å². The summed E-state index contributed by atoms with van der Waals surface area (Å²) in [5, 5.41) is 10.1. The summed E-state index contributed by atoms with van der Waals surface area (Å²) in [7, 11) is 0. The van der Waals surface area contributed by atoms with Crippen molar-refractivity contribution in [2.75, 3.05) is 0 Å². The van der Waals surface area contributed by atoms with E-state index in [4.69, 9.17) is 0 Å². The third-order valence-electron chi connectivity index (χ3n) is 9.11. The zero-order valence-electron chi connectivity index (χ0n) is 17.9. The Morgan fingerprint density at radius 1 is 1.12 bits per heavy atom. The highest BCUT2D eigenvalue weighted by molar-refractivity contribution is 5.20. The average molecular weight is 359 g/mol. The van der Waals surface area contributed by atoms with Gasteiger partial charge in [0.25, 0.3) is 0 Å². The van der Waals surface area contributed by atoms with Crippen molar-refractivity contribution in [3.05, 3.63) is 11.6 Å². The Hall–Kier alpha value is -0.300. The van der Waals surface area contributed by atoms with Crippen LogP contribution >= 0.6 is 0 Å². The molecule has 26 heavy (non-hydrogen) atoms. The molecular formula is C25H42O. The van der Waals surface area contributed by atoms with Gasteiger partial charge >= 0.3 is 0 Å². The van der Waals surface area contributed by atoms with Crippen molar-refractivity contribution in [3.8, 4) is 0 Å². The molecule has 1 nitrogen and oxygen atoms in total. The van der Waals surface area contributed by atoms with Gasteiger partial charge in [0.15, 0.2) is 0 Å². The Morgan fingerprint density at radius 3 is 2.62 bits per heavy atom. The van der Waals surface area contributed by atoms with Crippen molar-refractivity contribution in [1.82, 2.24) is 0 Å². The van der Waals surface area contributed by atoms with E-state index in [1.807, 2.05) is 0 Å². The smallest absolute Gasteiger partial charge is 0.0577 e. The van der Waals surface area contributed by atoms with E-state index in [-0.39, 0.29) is 6.10 Å². The molecule has 0 aromatic heterocycles. The van der Waals surface area contributed by atoms with Gasteiger partial charge in [-0.25, -0.2) is 0 Å². The molecule has 4 rings (SSSR count). The number of hydrogen-bond donors (Lipinski definition) is 1. The maximum absolute atomic E-state index is 10.1. The van der Waals surface area contributed by atoms with E-state index in [1.54, 1.807) is 5.57 Å². The van der Waals surface area contributed by atoms with Crippen LogP contribution in [0.25, 0.3) is 0 Å². The average Bonchev–Trinajstić information content (AvgIpc) is 2.90. The number of fused-ring (bicyclic) bond motifs is 5. The molecule has 0 heterocycles. The van der Waals surface area contributed by atoms with E-state index < -0.39 is 0 Å². The van der Waals surface area contributed by atoms with Crippen molar-refractivity contribution in [2.45, 2.75) is 98.5 Å². The molecule has 0 saturated heterocycles. The SMILES string of the molecule is CC(CC(C)(C)C)[C@H]1CCC2C3CC=C4C[C@@H](O)CC[C@@H]4C3CC[C@@]21C. The topological polar surface area (TPSA) is 20.2 Å². The van der Waals surface area contributed by atoms with E-state index in [9.17, 15) is 5.11 Å². The van der Waals surface area contributed by atoms with Gasteiger partial charge in [-0.2, -0.15) is 0 Å². The van der Waals surface area contributed by atoms with Crippen LogP contribution in [-0.4, -0.2) is 11.2 Å². The monoisotopic (exact) mass is 358 g/mol. The highest BCUT2D eigenvalue weighted by atomic mass is 16.3. The lowest BCUT2D eigenvalue weighted by molar-refractivity contribution is -0.0319.